The fourth-order valence-electron chi connectivity index (χ4n) is 1.68. The molecular formula is C14H19FN2O3. The molecule has 0 spiro atoms. The summed E-state index contributed by atoms with van der Waals surface area (Å²) < 4.78 is 17.9. The summed E-state index contributed by atoms with van der Waals surface area (Å²) in [5.41, 5.74) is 5.74. The van der Waals surface area contributed by atoms with Crippen LogP contribution in [0.25, 0.3) is 0 Å². The zero-order valence-electron chi connectivity index (χ0n) is 11.6. The summed E-state index contributed by atoms with van der Waals surface area (Å²) in [6.45, 7) is 1.88. The van der Waals surface area contributed by atoms with Crippen LogP contribution in [0.5, 0.6) is 0 Å². The van der Waals surface area contributed by atoms with Gasteiger partial charge in [0, 0.05) is 18.2 Å². The molecule has 3 N–H and O–H groups in total. The normalized spacial score (nSPS) is 11.8. The number of nitrogens with two attached hydrogens (primary N) is 1. The highest BCUT2D eigenvalue weighted by Gasteiger charge is 2.13. The van der Waals surface area contributed by atoms with Crippen LogP contribution in [-0.2, 0) is 9.53 Å². The molecule has 0 fully saturated rings. The Bertz CT molecular complexity index is 489. The van der Waals surface area contributed by atoms with Gasteiger partial charge >= 0.3 is 5.97 Å². The van der Waals surface area contributed by atoms with Gasteiger partial charge in [0.1, 0.15) is 5.82 Å². The lowest BCUT2D eigenvalue weighted by molar-refractivity contribution is -0.116. The van der Waals surface area contributed by atoms with Crippen LogP contribution >= 0.6 is 0 Å². The van der Waals surface area contributed by atoms with Crippen LogP contribution < -0.4 is 11.1 Å². The lowest BCUT2D eigenvalue weighted by Gasteiger charge is -2.08. The lowest BCUT2D eigenvalue weighted by atomic mass is 10.1. The van der Waals surface area contributed by atoms with Gasteiger partial charge in [-0.15, -0.1) is 0 Å². The van der Waals surface area contributed by atoms with E-state index >= 15 is 0 Å². The van der Waals surface area contributed by atoms with Crippen LogP contribution in [0.15, 0.2) is 18.2 Å². The number of esters is 1. The van der Waals surface area contributed by atoms with Crippen molar-refractivity contribution in [3.8, 4) is 0 Å². The van der Waals surface area contributed by atoms with Crippen LogP contribution in [0.1, 0.15) is 36.5 Å². The molecule has 1 aromatic carbocycles. The van der Waals surface area contributed by atoms with Crippen molar-refractivity contribution in [2.24, 2.45) is 5.73 Å². The van der Waals surface area contributed by atoms with E-state index in [-0.39, 0.29) is 17.5 Å². The summed E-state index contributed by atoms with van der Waals surface area (Å²) in [7, 11) is 1.17. The van der Waals surface area contributed by atoms with Gasteiger partial charge in [-0.05, 0) is 38.0 Å². The number of ether oxygens (including phenoxy) is 1. The van der Waals surface area contributed by atoms with Crippen molar-refractivity contribution in [1.82, 2.24) is 0 Å². The maximum Gasteiger partial charge on any atom is 0.340 e. The molecule has 0 aliphatic heterocycles. The zero-order chi connectivity index (χ0) is 15.1. The van der Waals surface area contributed by atoms with Gasteiger partial charge < -0.3 is 15.8 Å². The second-order valence-electron chi connectivity index (χ2n) is 4.60. The largest absolute Gasteiger partial charge is 0.465 e. The molecule has 0 saturated heterocycles. The highest BCUT2D eigenvalue weighted by atomic mass is 19.1. The fraction of sp³-hybridized carbons (Fsp3) is 0.429. The van der Waals surface area contributed by atoms with Gasteiger partial charge in [0.05, 0.1) is 12.7 Å². The van der Waals surface area contributed by atoms with E-state index < -0.39 is 11.8 Å². The topological polar surface area (TPSA) is 81.4 Å². The maximum absolute atomic E-state index is 13.4. The van der Waals surface area contributed by atoms with E-state index in [1.165, 1.54) is 19.2 Å². The van der Waals surface area contributed by atoms with E-state index in [0.29, 0.717) is 18.5 Å². The van der Waals surface area contributed by atoms with E-state index in [1.54, 1.807) is 0 Å². The Hall–Kier alpha value is -1.95. The quantitative estimate of drug-likeness (QED) is 0.783. The predicted molar refractivity (Wildman–Crippen MR) is 73.9 cm³/mol. The van der Waals surface area contributed by atoms with E-state index in [1.807, 2.05) is 6.92 Å². The van der Waals surface area contributed by atoms with Crippen molar-refractivity contribution in [3.05, 3.63) is 29.6 Å². The molecule has 1 amide bonds. The molecule has 20 heavy (non-hydrogen) atoms. The summed E-state index contributed by atoms with van der Waals surface area (Å²) in [5, 5.41) is 2.61. The van der Waals surface area contributed by atoms with Crippen LogP contribution in [0.3, 0.4) is 0 Å². The Morgan fingerprint density at radius 3 is 2.75 bits per heavy atom. The number of anilines is 1. The number of carbonyl (C=O) groups is 2. The monoisotopic (exact) mass is 282 g/mol. The molecule has 0 saturated carbocycles. The molecule has 1 aromatic rings. The predicted octanol–water partition coefficient (Wildman–Crippen LogP) is 2.07. The standard InChI is InChI=1S/C14H19FN2O3/c1-9(16)4-3-5-13(18)17-10-6-7-12(15)11(8-10)14(19)20-2/h6-9H,3-5,16H2,1-2H3,(H,17,18). The number of hydrogen-bond acceptors (Lipinski definition) is 4. The van der Waals surface area contributed by atoms with Crippen LogP contribution in [0.2, 0.25) is 0 Å². The molecule has 0 aromatic heterocycles. The Morgan fingerprint density at radius 2 is 2.15 bits per heavy atom. The van der Waals surface area contributed by atoms with Gasteiger partial charge in [-0.25, -0.2) is 9.18 Å². The Morgan fingerprint density at radius 1 is 1.45 bits per heavy atom. The number of nitrogens with one attached hydrogen (secondary N) is 1. The number of benzene rings is 1. The first kappa shape index (κ1) is 16.1. The number of rotatable bonds is 6. The average molecular weight is 282 g/mol. The van der Waals surface area contributed by atoms with Gasteiger partial charge in [-0.2, -0.15) is 0 Å². The summed E-state index contributed by atoms with van der Waals surface area (Å²) in [6.07, 6.45) is 1.76. The number of hydrogen-bond donors (Lipinski definition) is 2. The van der Waals surface area contributed by atoms with Gasteiger partial charge in [0.15, 0.2) is 0 Å². The first-order valence-corrected chi connectivity index (χ1v) is 6.37. The van der Waals surface area contributed by atoms with Gasteiger partial charge in [0.25, 0.3) is 0 Å². The van der Waals surface area contributed by atoms with Crippen LogP contribution in [0.4, 0.5) is 10.1 Å². The zero-order valence-corrected chi connectivity index (χ0v) is 11.6. The SMILES string of the molecule is COC(=O)c1cc(NC(=O)CCCC(C)N)ccc1F. The van der Waals surface area contributed by atoms with Crippen LogP contribution in [-0.4, -0.2) is 25.0 Å². The van der Waals surface area contributed by atoms with E-state index in [9.17, 15) is 14.0 Å². The molecule has 0 aliphatic rings. The van der Waals surface area contributed by atoms with Gasteiger partial charge in [-0.1, -0.05) is 0 Å². The Balaban J connectivity index is 2.64. The molecule has 1 atom stereocenters. The second kappa shape index (κ2) is 7.59. The molecular weight excluding hydrogens is 263 g/mol. The van der Waals surface area contributed by atoms with E-state index in [4.69, 9.17) is 5.73 Å². The van der Waals surface area contributed by atoms with Crippen molar-refractivity contribution >= 4 is 17.6 Å². The van der Waals surface area contributed by atoms with Gasteiger partial charge in [-0.3, -0.25) is 4.79 Å². The molecule has 110 valence electrons. The number of halogens is 1. The molecule has 0 heterocycles. The summed E-state index contributed by atoms with van der Waals surface area (Å²) >= 11 is 0. The molecule has 5 nitrogen and oxygen atoms in total. The molecule has 6 heteroatoms. The molecule has 0 aliphatic carbocycles. The van der Waals surface area contributed by atoms with Gasteiger partial charge in [0.2, 0.25) is 5.91 Å². The third kappa shape index (κ3) is 4.97. The van der Waals surface area contributed by atoms with Crippen molar-refractivity contribution in [3.63, 3.8) is 0 Å². The fourth-order valence-corrected chi connectivity index (χ4v) is 1.68. The third-order valence-electron chi connectivity index (χ3n) is 2.72. The van der Waals surface area contributed by atoms with E-state index in [0.717, 1.165) is 12.5 Å². The smallest absolute Gasteiger partial charge is 0.340 e. The van der Waals surface area contributed by atoms with E-state index in [2.05, 4.69) is 10.1 Å². The lowest BCUT2D eigenvalue weighted by Crippen LogP contribution is -2.17. The number of methoxy groups -OCH3 is 1. The Kier molecular flexibility index (Phi) is 6.11. The first-order chi connectivity index (χ1) is 9.43. The third-order valence-corrected chi connectivity index (χ3v) is 2.72. The minimum absolute atomic E-state index is 0.0551. The van der Waals surface area contributed by atoms with Crippen LogP contribution in [0, 0.1) is 5.82 Å². The average Bonchev–Trinajstić information content (AvgIpc) is 2.39. The summed E-state index contributed by atoms with van der Waals surface area (Å²) in [5.74, 6) is -1.67. The Labute approximate surface area is 117 Å². The van der Waals surface area contributed by atoms with Crippen molar-refractivity contribution < 1.29 is 18.7 Å². The van der Waals surface area contributed by atoms with Crippen molar-refractivity contribution in [2.45, 2.75) is 32.2 Å². The first-order valence-electron chi connectivity index (χ1n) is 6.37. The molecule has 0 bridgehead atoms. The number of amides is 1. The maximum atomic E-state index is 13.4. The summed E-state index contributed by atoms with van der Waals surface area (Å²) in [6, 6.07) is 3.82. The number of carbonyl (C=O) groups excluding carboxylic acids is 2. The highest BCUT2D eigenvalue weighted by molar-refractivity contribution is 5.94. The molecule has 1 rings (SSSR count). The van der Waals surface area contributed by atoms with Crippen molar-refractivity contribution in [1.29, 1.82) is 0 Å². The summed E-state index contributed by atoms with van der Waals surface area (Å²) in [4.78, 5) is 23.0. The minimum atomic E-state index is -0.782. The van der Waals surface area contributed by atoms with Crippen molar-refractivity contribution in [2.75, 3.05) is 12.4 Å². The minimum Gasteiger partial charge on any atom is -0.465 e. The highest BCUT2D eigenvalue weighted by Crippen LogP contribution is 2.16. The molecule has 1 unspecified atom stereocenters. The second-order valence-corrected chi connectivity index (χ2v) is 4.60. The molecule has 0 radical (unpaired) electrons.